The molecule has 0 saturated carbocycles. The molecule has 4 rings (SSSR count). The molecule has 0 atom stereocenters. The van der Waals surface area contributed by atoms with Crippen molar-refractivity contribution in [1.29, 1.82) is 0 Å². The van der Waals surface area contributed by atoms with Gasteiger partial charge in [-0.05, 0) is 35.7 Å². The molecule has 4 aromatic rings. The summed E-state index contributed by atoms with van der Waals surface area (Å²) in [6, 6.07) is 14.8. The smallest absolute Gasteiger partial charge is 0.262 e. The van der Waals surface area contributed by atoms with Crippen molar-refractivity contribution in [2.45, 2.75) is 18.2 Å². The summed E-state index contributed by atoms with van der Waals surface area (Å²) in [6.07, 6.45) is 1.57. The highest BCUT2D eigenvalue weighted by molar-refractivity contribution is 7.99. The molecule has 0 unspecified atom stereocenters. The highest BCUT2D eigenvalue weighted by Crippen LogP contribution is 2.20. The Kier molecular flexibility index (Phi) is 5.82. The maximum absolute atomic E-state index is 13.0. The van der Waals surface area contributed by atoms with Gasteiger partial charge in [-0.2, -0.15) is 0 Å². The molecule has 3 heterocycles. The van der Waals surface area contributed by atoms with Crippen LogP contribution in [0.3, 0.4) is 0 Å². The quantitative estimate of drug-likeness (QED) is 0.332. The van der Waals surface area contributed by atoms with Crippen LogP contribution < -0.4 is 5.56 Å². The number of furan rings is 1. The summed E-state index contributed by atoms with van der Waals surface area (Å²) in [7, 11) is 1.78. The first-order valence-corrected chi connectivity index (χ1v) is 10.9. The maximum Gasteiger partial charge on any atom is 0.262 e. The van der Waals surface area contributed by atoms with E-state index in [1.807, 2.05) is 41.8 Å². The Hall–Kier alpha value is -2.84. The maximum atomic E-state index is 13.0. The van der Waals surface area contributed by atoms with Crippen molar-refractivity contribution in [3.8, 4) is 0 Å². The Bertz CT molecular complexity index is 1170. The Balaban J connectivity index is 1.58. The summed E-state index contributed by atoms with van der Waals surface area (Å²) in [5.41, 5.74) is 0.476. The number of carbonyl (C=O) groups is 1. The van der Waals surface area contributed by atoms with Crippen LogP contribution >= 0.6 is 23.1 Å². The van der Waals surface area contributed by atoms with Gasteiger partial charge in [0.25, 0.3) is 5.56 Å². The molecule has 0 N–H and O–H groups in total. The van der Waals surface area contributed by atoms with Crippen LogP contribution in [0.5, 0.6) is 0 Å². The Morgan fingerprint density at radius 1 is 1.21 bits per heavy atom. The zero-order chi connectivity index (χ0) is 20.2. The number of para-hydroxylation sites is 1. The van der Waals surface area contributed by atoms with Crippen LogP contribution in [0.25, 0.3) is 10.9 Å². The number of nitrogens with zero attached hydrogens (tertiary/aromatic N) is 3. The molecule has 0 bridgehead atoms. The number of thiophene rings is 1. The van der Waals surface area contributed by atoms with E-state index in [2.05, 4.69) is 4.98 Å². The van der Waals surface area contributed by atoms with Gasteiger partial charge in [0.15, 0.2) is 5.16 Å². The number of amides is 1. The lowest BCUT2D eigenvalue weighted by molar-refractivity contribution is -0.127. The van der Waals surface area contributed by atoms with E-state index in [9.17, 15) is 9.59 Å². The number of carbonyl (C=O) groups excluding carboxylic acids is 1. The molecular formula is C21H19N3O3S2. The zero-order valence-electron chi connectivity index (χ0n) is 15.8. The van der Waals surface area contributed by atoms with Crippen LogP contribution in [0.2, 0.25) is 0 Å². The summed E-state index contributed by atoms with van der Waals surface area (Å²) in [4.78, 5) is 33.1. The van der Waals surface area contributed by atoms with E-state index in [1.165, 1.54) is 11.8 Å². The van der Waals surface area contributed by atoms with Crippen molar-refractivity contribution in [2.75, 3.05) is 12.8 Å². The van der Waals surface area contributed by atoms with E-state index in [0.29, 0.717) is 28.4 Å². The lowest BCUT2D eigenvalue weighted by Crippen LogP contribution is -2.28. The van der Waals surface area contributed by atoms with E-state index in [4.69, 9.17) is 4.42 Å². The number of benzene rings is 1. The standard InChI is InChI=1S/C21H19N3O3S2/c1-23(13-16-7-5-11-28-16)19(25)14-29-21-22-18-9-3-2-8-17(18)20(26)24(21)12-15-6-4-10-27-15/h2-11H,12-14H2,1H3. The highest BCUT2D eigenvalue weighted by Gasteiger charge is 2.16. The molecule has 3 aromatic heterocycles. The van der Waals surface area contributed by atoms with Crippen LogP contribution in [-0.4, -0.2) is 33.2 Å². The monoisotopic (exact) mass is 425 g/mol. The summed E-state index contributed by atoms with van der Waals surface area (Å²) in [6.45, 7) is 0.840. The molecule has 0 spiro atoms. The average Bonchev–Trinajstić information content (AvgIpc) is 3.43. The summed E-state index contributed by atoms with van der Waals surface area (Å²) < 4.78 is 6.98. The normalized spacial score (nSPS) is 11.1. The van der Waals surface area contributed by atoms with Gasteiger partial charge >= 0.3 is 0 Å². The minimum atomic E-state index is -0.145. The van der Waals surface area contributed by atoms with Gasteiger partial charge in [-0.1, -0.05) is 30.0 Å². The third-order valence-corrected chi connectivity index (χ3v) is 6.27. The van der Waals surface area contributed by atoms with E-state index in [1.54, 1.807) is 46.2 Å². The first kappa shape index (κ1) is 19.5. The molecule has 0 aliphatic heterocycles. The Labute approximate surface area is 175 Å². The lowest BCUT2D eigenvalue weighted by atomic mass is 10.2. The van der Waals surface area contributed by atoms with Gasteiger partial charge < -0.3 is 9.32 Å². The van der Waals surface area contributed by atoms with Gasteiger partial charge in [-0.15, -0.1) is 11.3 Å². The molecule has 0 radical (unpaired) electrons. The lowest BCUT2D eigenvalue weighted by Gasteiger charge is -2.17. The number of rotatable bonds is 7. The van der Waals surface area contributed by atoms with Crippen LogP contribution in [0, 0.1) is 0 Å². The van der Waals surface area contributed by atoms with Gasteiger partial charge in [0.2, 0.25) is 5.91 Å². The molecule has 1 amide bonds. The van der Waals surface area contributed by atoms with Crippen LogP contribution in [-0.2, 0) is 17.9 Å². The first-order chi connectivity index (χ1) is 14.1. The van der Waals surface area contributed by atoms with Crippen molar-refractivity contribution >= 4 is 39.9 Å². The number of fused-ring (bicyclic) bond motifs is 1. The largest absolute Gasteiger partial charge is 0.467 e. The predicted molar refractivity (Wildman–Crippen MR) is 115 cm³/mol. The molecule has 0 aliphatic rings. The molecule has 1 aromatic carbocycles. The van der Waals surface area contributed by atoms with Gasteiger partial charge in [0, 0.05) is 11.9 Å². The summed E-state index contributed by atoms with van der Waals surface area (Å²) >= 11 is 2.89. The second kappa shape index (κ2) is 8.67. The zero-order valence-corrected chi connectivity index (χ0v) is 17.4. The molecular weight excluding hydrogens is 406 g/mol. The Morgan fingerprint density at radius 2 is 2.07 bits per heavy atom. The minimum Gasteiger partial charge on any atom is -0.467 e. The van der Waals surface area contributed by atoms with Crippen LogP contribution in [0.15, 0.2) is 74.5 Å². The van der Waals surface area contributed by atoms with Crippen LogP contribution in [0.1, 0.15) is 10.6 Å². The van der Waals surface area contributed by atoms with Gasteiger partial charge in [-0.25, -0.2) is 4.98 Å². The molecule has 6 nitrogen and oxygen atoms in total. The van der Waals surface area contributed by atoms with Crippen molar-refractivity contribution in [3.63, 3.8) is 0 Å². The van der Waals surface area contributed by atoms with E-state index >= 15 is 0 Å². The number of thioether (sulfide) groups is 1. The minimum absolute atomic E-state index is 0.0182. The second-order valence-corrected chi connectivity index (χ2v) is 8.47. The SMILES string of the molecule is CN(Cc1cccs1)C(=O)CSc1nc2ccccc2c(=O)n1Cc1ccco1. The first-order valence-electron chi connectivity index (χ1n) is 9.03. The van der Waals surface area contributed by atoms with Gasteiger partial charge in [0.1, 0.15) is 5.76 Å². The van der Waals surface area contributed by atoms with E-state index < -0.39 is 0 Å². The fourth-order valence-corrected chi connectivity index (χ4v) is 4.61. The fraction of sp³-hybridized carbons (Fsp3) is 0.190. The van der Waals surface area contributed by atoms with Crippen molar-refractivity contribution < 1.29 is 9.21 Å². The molecule has 0 aliphatic carbocycles. The third kappa shape index (κ3) is 4.44. The van der Waals surface area contributed by atoms with Crippen molar-refractivity contribution in [2.24, 2.45) is 0 Å². The van der Waals surface area contributed by atoms with Gasteiger partial charge in [-0.3, -0.25) is 14.2 Å². The third-order valence-electron chi connectivity index (χ3n) is 4.44. The van der Waals surface area contributed by atoms with Crippen molar-refractivity contribution in [1.82, 2.24) is 14.5 Å². The molecule has 148 valence electrons. The molecule has 8 heteroatoms. The highest BCUT2D eigenvalue weighted by atomic mass is 32.2. The topological polar surface area (TPSA) is 68.3 Å². The molecule has 0 saturated heterocycles. The second-order valence-electron chi connectivity index (χ2n) is 6.50. The molecule has 29 heavy (non-hydrogen) atoms. The average molecular weight is 426 g/mol. The number of hydrogen-bond acceptors (Lipinski definition) is 6. The number of hydrogen-bond donors (Lipinski definition) is 0. The summed E-state index contributed by atoms with van der Waals surface area (Å²) in [5.74, 6) is 0.840. The van der Waals surface area contributed by atoms with Crippen molar-refractivity contribution in [3.05, 3.63) is 81.2 Å². The number of aromatic nitrogens is 2. The predicted octanol–water partition coefficient (Wildman–Crippen LogP) is 3.85. The summed E-state index contributed by atoms with van der Waals surface area (Å²) in [5, 5.41) is 3.04. The molecule has 0 fully saturated rings. The fourth-order valence-electron chi connectivity index (χ4n) is 2.92. The van der Waals surface area contributed by atoms with E-state index in [-0.39, 0.29) is 23.8 Å². The van der Waals surface area contributed by atoms with Gasteiger partial charge in [0.05, 0.1) is 36.0 Å². The van der Waals surface area contributed by atoms with Crippen LogP contribution in [0.4, 0.5) is 0 Å². The van der Waals surface area contributed by atoms with E-state index in [0.717, 1.165) is 4.88 Å². The Morgan fingerprint density at radius 3 is 2.83 bits per heavy atom.